The number of aromatic nitrogens is 1. The topological polar surface area (TPSA) is 79.5 Å². The van der Waals surface area contributed by atoms with E-state index in [4.69, 9.17) is 5.73 Å². The number of carbonyl (C=O) groups is 2. The molecule has 1 aromatic carbocycles. The van der Waals surface area contributed by atoms with E-state index < -0.39 is 5.54 Å². The standard InChI is InChI=1S/C17H22N4O2S2/c1-17(2,15(18)23)21-9-7-20(8-10-21)14(22)11-24-16-19-12-5-3-4-6-13(12)25-16/h3-6H,7-11H2,1-2H3,(H2,18,23). The Hall–Kier alpha value is -1.64. The monoisotopic (exact) mass is 378 g/mol. The van der Waals surface area contributed by atoms with Crippen molar-refractivity contribution in [3.8, 4) is 0 Å². The van der Waals surface area contributed by atoms with Gasteiger partial charge in [0.2, 0.25) is 11.8 Å². The molecule has 0 spiro atoms. The number of para-hydroxylation sites is 1. The minimum Gasteiger partial charge on any atom is -0.368 e. The van der Waals surface area contributed by atoms with Crippen molar-refractivity contribution in [2.45, 2.75) is 23.7 Å². The highest BCUT2D eigenvalue weighted by Gasteiger charge is 2.35. The predicted octanol–water partition coefficient (Wildman–Crippen LogP) is 1.80. The average Bonchev–Trinajstić information content (AvgIpc) is 3.02. The molecule has 25 heavy (non-hydrogen) atoms. The zero-order chi connectivity index (χ0) is 18.0. The van der Waals surface area contributed by atoms with Crippen LogP contribution in [0.5, 0.6) is 0 Å². The number of fused-ring (bicyclic) bond motifs is 1. The number of hydrogen-bond donors (Lipinski definition) is 1. The largest absolute Gasteiger partial charge is 0.368 e. The zero-order valence-corrected chi connectivity index (χ0v) is 16.0. The lowest BCUT2D eigenvalue weighted by molar-refractivity contribution is -0.134. The van der Waals surface area contributed by atoms with Crippen molar-refractivity contribution in [3.63, 3.8) is 0 Å². The third kappa shape index (κ3) is 3.96. The fraction of sp³-hybridized carbons (Fsp3) is 0.471. The van der Waals surface area contributed by atoms with Crippen LogP contribution in [0.2, 0.25) is 0 Å². The van der Waals surface area contributed by atoms with Crippen molar-refractivity contribution in [2.24, 2.45) is 5.73 Å². The van der Waals surface area contributed by atoms with Gasteiger partial charge in [-0.05, 0) is 26.0 Å². The van der Waals surface area contributed by atoms with Gasteiger partial charge in [0, 0.05) is 26.2 Å². The summed E-state index contributed by atoms with van der Waals surface area (Å²) in [6, 6.07) is 7.98. The molecule has 0 saturated carbocycles. The Kier molecular flexibility index (Phi) is 5.31. The van der Waals surface area contributed by atoms with E-state index in [0.29, 0.717) is 31.9 Å². The molecule has 2 aromatic rings. The maximum absolute atomic E-state index is 12.4. The van der Waals surface area contributed by atoms with E-state index in [0.717, 1.165) is 14.6 Å². The molecule has 8 heteroatoms. The minimum absolute atomic E-state index is 0.112. The van der Waals surface area contributed by atoms with E-state index in [1.54, 1.807) is 11.3 Å². The van der Waals surface area contributed by atoms with E-state index in [2.05, 4.69) is 4.98 Å². The van der Waals surface area contributed by atoms with Crippen LogP contribution in [0.15, 0.2) is 28.6 Å². The van der Waals surface area contributed by atoms with Gasteiger partial charge in [0.15, 0.2) is 4.34 Å². The van der Waals surface area contributed by atoms with Crippen LogP contribution in [0.1, 0.15) is 13.8 Å². The van der Waals surface area contributed by atoms with Crippen LogP contribution in [-0.2, 0) is 9.59 Å². The number of nitrogens with zero attached hydrogens (tertiary/aromatic N) is 3. The molecule has 134 valence electrons. The smallest absolute Gasteiger partial charge is 0.237 e. The van der Waals surface area contributed by atoms with Gasteiger partial charge in [0.05, 0.1) is 21.5 Å². The lowest BCUT2D eigenvalue weighted by Crippen LogP contribution is -2.60. The first-order valence-electron chi connectivity index (χ1n) is 8.19. The van der Waals surface area contributed by atoms with Crippen LogP contribution in [-0.4, -0.2) is 64.1 Å². The van der Waals surface area contributed by atoms with Gasteiger partial charge in [-0.25, -0.2) is 4.98 Å². The molecule has 6 nitrogen and oxygen atoms in total. The fourth-order valence-corrected chi connectivity index (χ4v) is 4.77. The van der Waals surface area contributed by atoms with Crippen molar-refractivity contribution in [1.82, 2.24) is 14.8 Å². The molecule has 3 rings (SSSR count). The maximum atomic E-state index is 12.4. The summed E-state index contributed by atoms with van der Waals surface area (Å²) >= 11 is 3.10. The summed E-state index contributed by atoms with van der Waals surface area (Å²) in [6.07, 6.45) is 0. The summed E-state index contributed by atoms with van der Waals surface area (Å²) in [5, 5.41) is 0. The highest BCUT2D eigenvalue weighted by molar-refractivity contribution is 8.01. The quantitative estimate of drug-likeness (QED) is 0.803. The number of thiazole rings is 1. The molecule has 0 aliphatic carbocycles. The normalized spacial score (nSPS) is 16.3. The fourth-order valence-electron chi connectivity index (χ4n) is 2.80. The molecule has 1 saturated heterocycles. The maximum Gasteiger partial charge on any atom is 0.237 e. The van der Waals surface area contributed by atoms with Gasteiger partial charge in [-0.3, -0.25) is 14.5 Å². The molecular weight excluding hydrogens is 356 g/mol. The van der Waals surface area contributed by atoms with Gasteiger partial charge in [-0.1, -0.05) is 23.9 Å². The first-order chi connectivity index (χ1) is 11.9. The molecule has 1 aliphatic rings. The highest BCUT2D eigenvalue weighted by atomic mass is 32.2. The lowest BCUT2D eigenvalue weighted by Gasteiger charge is -2.42. The van der Waals surface area contributed by atoms with Gasteiger partial charge < -0.3 is 10.6 Å². The van der Waals surface area contributed by atoms with Crippen LogP contribution in [0, 0.1) is 0 Å². The lowest BCUT2D eigenvalue weighted by atomic mass is 10.0. The number of rotatable bonds is 5. The number of nitrogens with two attached hydrogens (primary N) is 1. The molecule has 2 amide bonds. The Balaban J connectivity index is 1.52. The van der Waals surface area contributed by atoms with E-state index in [-0.39, 0.29) is 11.8 Å². The zero-order valence-electron chi connectivity index (χ0n) is 14.4. The van der Waals surface area contributed by atoms with E-state index in [9.17, 15) is 9.59 Å². The number of hydrogen-bond acceptors (Lipinski definition) is 6. The number of amides is 2. The molecular formula is C17H22N4O2S2. The number of piperazine rings is 1. The van der Waals surface area contributed by atoms with Crippen LogP contribution >= 0.6 is 23.1 Å². The third-order valence-electron chi connectivity index (χ3n) is 4.62. The number of thioether (sulfide) groups is 1. The van der Waals surface area contributed by atoms with Gasteiger partial charge in [-0.2, -0.15) is 0 Å². The molecule has 1 aliphatic heterocycles. The number of carbonyl (C=O) groups excluding carboxylic acids is 2. The summed E-state index contributed by atoms with van der Waals surface area (Å²) < 4.78 is 2.06. The van der Waals surface area contributed by atoms with E-state index >= 15 is 0 Å². The van der Waals surface area contributed by atoms with Gasteiger partial charge >= 0.3 is 0 Å². The Morgan fingerprint density at radius 1 is 1.24 bits per heavy atom. The third-order valence-corrected chi connectivity index (χ3v) is 6.78. The van der Waals surface area contributed by atoms with Crippen molar-refractivity contribution in [1.29, 1.82) is 0 Å². The average molecular weight is 379 g/mol. The van der Waals surface area contributed by atoms with Crippen LogP contribution < -0.4 is 5.73 Å². The van der Waals surface area contributed by atoms with Crippen molar-refractivity contribution in [2.75, 3.05) is 31.9 Å². The van der Waals surface area contributed by atoms with Crippen molar-refractivity contribution < 1.29 is 9.59 Å². The second-order valence-corrected chi connectivity index (χ2v) is 8.78. The molecule has 0 unspecified atom stereocenters. The van der Waals surface area contributed by atoms with Gasteiger partial charge in [0.25, 0.3) is 0 Å². The number of benzene rings is 1. The Morgan fingerprint density at radius 3 is 2.56 bits per heavy atom. The Morgan fingerprint density at radius 2 is 1.92 bits per heavy atom. The van der Waals surface area contributed by atoms with Crippen LogP contribution in [0.4, 0.5) is 0 Å². The molecule has 0 atom stereocenters. The Labute approximate surface area is 155 Å². The summed E-state index contributed by atoms with van der Waals surface area (Å²) in [7, 11) is 0. The van der Waals surface area contributed by atoms with Gasteiger partial charge in [0.1, 0.15) is 0 Å². The van der Waals surface area contributed by atoms with Crippen LogP contribution in [0.3, 0.4) is 0 Å². The summed E-state index contributed by atoms with van der Waals surface area (Å²) in [5.41, 5.74) is 5.77. The molecule has 2 heterocycles. The first kappa shape index (κ1) is 18.2. The molecule has 1 fully saturated rings. The SMILES string of the molecule is CC(C)(C(N)=O)N1CCN(C(=O)CSc2nc3ccccc3s2)CC1. The molecule has 2 N–H and O–H groups in total. The second-order valence-electron chi connectivity index (χ2n) is 6.53. The highest BCUT2D eigenvalue weighted by Crippen LogP contribution is 2.29. The summed E-state index contributed by atoms with van der Waals surface area (Å²) in [4.78, 5) is 32.4. The summed E-state index contributed by atoms with van der Waals surface area (Å²) in [5.74, 6) is 0.165. The number of primary amides is 1. The summed E-state index contributed by atoms with van der Waals surface area (Å²) in [6.45, 7) is 6.22. The predicted molar refractivity (Wildman–Crippen MR) is 102 cm³/mol. The van der Waals surface area contributed by atoms with E-state index in [1.807, 2.05) is 47.9 Å². The minimum atomic E-state index is -0.676. The van der Waals surface area contributed by atoms with Gasteiger partial charge in [-0.15, -0.1) is 11.3 Å². The first-order valence-corrected chi connectivity index (χ1v) is 9.99. The molecule has 0 bridgehead atoms. The van der Waals surface area contributed by atoms with Crippen molar-refractivity contribution in [3.05, 3.63) is 24.3 Å². The van der Waals surface area contributed by atoms with Crippen molar-refractivity contribution >= 4 is 45.1 Å². The Bertz CT molecular complexity index is 749. The van der Waals surface area contributed by atoms with Crippen LogP contribution in [0.25, 0.3) is 10.2 Å². The molecule has 1 aromatic heterocycles. The molecule has 0 radical (unpaired) electrons. The second kappa shape index (κ2) is 7.31. The van der Waals surface area contributed by atoms with E-state index in [1.165, 1.54) is 11.8 Å².